The van der Waals surface area contributed by atoms with Gasteiger partial charge >= 0.3 is 7.12 Å². The molecule has 2 aliphatic carbocycles. The van der Waals surface area contributed by atoms with Crippen LogP contribution in [-0.4, -0.2) is 85.5 Å². The minimum absolute atomic E-state index is 0.205. The number of rotatable bonds is 12. The minimum Gasteiger partial charge on any atom is -0.494 e. The topological polar surface area (TPSA) is 179 Å². The van der Waals surface area contributed by atoms with Crippen LogP contribution in [0.3, 0.4) is 0 Å². The van der Waals surface area contributed by atoms with E-state index < -0.39 is 38.4 Å². The van der Waals surface area contributed by atoms with E-state index in [0.717, 1.165) is 58.4 Å². The van der Waals surface area contributed by atoms with Crippen LogP contribution in [0.1, 0.15) is 91.9 Å². The number of benzene rings is 2. The lowest BCUT2D eigenvalue weighted by Gasteiger charge is -2.32. The molecule has 2 saturated carbocycles. The molecule has 62 heavy (non-hydrogen) atoms. The Bertz CT molecular complexity index is 2310. The largest absolute Gasteiger partial charge is 0.497 e. The second-order valence-electron chi connectivity index (χ2n) is 16.5. The maximum absolute atomic E-state index is 12.3. The number of sulfonamides is 2. The van der Waals surface area contributed by atoms with E-state index in [1.54, 1.807) is 56.9 Å². The van der Waals surface area contributed by atoms with Gasteiger partial charge in [0.2, 0.25) is 20.0 Å². The molecule has 2 aromatic carbocycles. The Morgan fingerprint density at radius 2 is 1.13 bits per heavy atom. The van der Waals surface area contributed by atoms with Gasteiger partial charge in [-0.2, -0.15) is 0 Å². The fraction of sp³-hybridized carbons (Fsp3) is 0.500. The van der Waals surface area contributed by atoms with Gasteiger partial charge in [0.1, 0.15) is 16.0 Å². The molecule has 0 bridgehead atoms. The van der Waals surface area contributed by atoms with E-state index in [0.29, 0.717) is 23.5 Å². The summed E-state index contributed by atoms with van der Waals surface area (Å²) >= 11 is 3.22. The van der Waals surface area contributed by atoms with Gasteiger partial charge in [0.25, 0.3) is 0 Å². The van der Waals surface area contributed by atoms with Crippen molar-refractivity contribution in [3.05, 3.63) is 77.7 Å². The average Bonchev–Trinajstić information content (AvgIpc) is 3.50. The highest BCUT2D eigenvalue weighted by Crippen LogP contribution is 2.38. The van der Waals surface area contributed by atoms with Gasteiger partial charge in [-0.3, -0.25) is 4.98 Å². The van der Waals surface area contributed by atoms with E-state index in [9.17, 15) is 16.8 Å². The lowest BCUT2D eigenvalue weighted by Crippen LogP contribution is -2.41. The summed E-state index contributed by atoms with van der Waals surface area (Å²) in [6.07, 6.45) is 15.3. The van der Waals surface area contributed by atoms with Gasteiger partial charge in [-0.25, -0.2) is 31.3 Å². The Balaban J connectivity index is 0.000000195. The van der Waals surface area contributed by atoms with Crippen molar-refractivity contribution in [3.8, 4) is 22.8 Å². The number of halogens is 1. The number of hydrogen-bond donors (Lipinski definition) is 4. The molecule has 338 valence electrons. The van der Waals surface area contributed by atoms with Crippen molar-refractivity contribution in [2.75, 3.05) is 38.9 Å². The molecule has 3 aliphatic rings. The molecule has 0 radical (unpaired) electrons. The van der Waals surface area contributed by atoms with Crippen LogP contribution in [0.15, 0.2) is 87.5 Å². The third-order valence-electron chi connectivity index (χ3n) is 11.8. The predicted molar refractivity (Wildman–Crippen MR) is 250 cm³/mol. The number of nitrogens with zero attached hydrogens (tertiary/aromatic N) is 2. The van der Waals surface area contributed by atoms with Crippen LogP contribution < -0.4 is 35.0 Å². The van der Waals surface area contributed by atoms with Crippen molar-refractivity contribution in [2.24, 2.45) is 0 Å². The van der Waals surface area contributed by atoms with Crippen LogP contribution in [0.4, 0.5) is 11.4 Å². The first kappa shape index (κ1) is 49.2. The number of anilines is 2. The summed E-state index contributed by atoms with van der Waals surface area (Å²) in [5.74, 6) is 1.37. The maximum atomic E-state index is 12.3. The van der Waals surface area contributed by atoms with E-state index in [2.05, 4.69) is 46.0 Å². The molecule has 4 N–H and O–H groups in total. The summed E-state index contributed by atoms with van der Waals surface area (Å²) in [4.78, 5) is 8.80. The number of pyridine rings is 2. The van der Waals surface area contributed by atoms with Gasteiger partial charge in [-0.1, -0.05) is 38.5 Å². The number of aromatic nitrogens is 2. The minimum atomic E-state index is -3.55. The van der Waals surface area contributed by atoms with Crippen molar-refractivity contribution in [2.45, 2.75) is 125 Å². The summed E-state index contributed by atoms with van der Waals surface area (Å²) in [7, 11) is -1.69. The van der Waals surface area contributed by atoms with Crippen molar-refractivity contribution >= 4 is 59.9 Å². The van der Waals surface area contributed by atoms with Crippen LogP contribution in [0.25, 0.3) is 11.3 Å². The number of ether oxygens (including phenoxy) is 2. The molecule has 0 amide bonds. The molecule has 0 unspecified atom stereocenters. The normalized spacial score (nSPS) is 17.8. The summed E-state index contributed by atoms with van der Waals surface area (Å²) in [5.41, 5.74) is 2.87. The van der Waals surface area contributed by atoms with Crippen molar-refractivity contribution < 1.29 is 35.6 Å². The summed E-state index contributed by atoms with van der Waals surface area (Å²) < 4.78 is 77.4. The molecule has 3 fully saturated rings. The highest BCUT2D eigenvalue weighted by molar-refractivity contribution is 9.10. The number of hydrogen-bond acceptors (Lipinski definition) is 12. The van der Waals surface area contributed by atoms with Crippen LogP contribution in [-0.2, 0) is 29.4 Å². The van der Waals surface area contributed by atoms with Crippen LogP contribution in [0.5, 0.6) is 11.5 Å². The van der Waals surface area contributed by atoms with Crippen LogP contribution in [0.2, 0.25) is 0 Å². The van der Waals surface area contributed by atoms with Gasteiger partial charge < -0.3 is 29.4 Å². The zero-order chi connectivity index (χ0) is 45.1. The Kier molecular flexibility index (Phi) is 17.3. The lowest BCUT2D eigenvalue weighted by molar-refractivity contribution is 0.00578. The average molecular weight is 958 g/mol. The second-order valence-corrected chi connectivity index (χ2v) is 21.0. The van der Waals surface area contributed by atoms with Gasteiger partial charge in [-0.05, 0) is 144 Å². The monoisotopic (exact) mass is 956 g/mol. The molecule has 7 rings (SSSR count). The second kappa shape index (κ2) is 21.7. The Labute approximate surface area is 377 Å². The van der Waals surface area contributed by atoms with Crippen molar-refractivity contribution in [3.63, 3.8) is 0 Å². The fourth-order valence-corrected chi connectivity index (χ4v) is 9.40. The van der Waals surface area contributed by atoms with Crippen molar-refractivity contribution in [1.29, 1.82) is 0 Å². The van der Waals surface area contributed by atoms with Crippen LogP contribution in [0, 0.1) is 0 Å². The van der Waals surface area contributed by atoms with E-state index in [1.807, 2.05) is 58.0 Å². The standard InChI is InChI=1S/C19H31BN2O4S.C19H25N3O3S.C6H6BrNO/c1-18(2)19(3,4)26-20(25-18)16-13-15(27(23,24)21-5)11-12-17(16)22-14-9-7-6-8-10-14;1-20-26(23,24)15-10-11-17(22-14-7-4-3-5-8-14)16(13-15)19-18(25-2)9-6-12-21-19;1-9-5-3-2-4-8-6(5)7/h11-14,21-22H,6-10H2,1-5H3;6,9-14,20,22H,3-5,7-8H2,1-2H3;2-4H,1H3. The molecule has 18 heteroatoms. The smallest absolute Gasteiger partial charge is 0.494 e. The first-order valence-electron chi connectivity index (χ1n) is 21.1. The molecular formula is C44H62BBrN6O8S2. The molecule has 2 aromatic heterocycles. The van der Waals surface area contributed by atoms with Gasteiger partial charge in [0, 0.05) is 46.9 Å². The van der Waals surface area contributed by atoms with Gasteiger partial charge in [-0.15, -0.1) is 0 Å². The molecule has 4 aromatic rings. The molecule has 1 aliphatic heterocycles. The van der Waals surface area contributed by atoms with Gasteiger partial charge in [0.15, 0.2) is 5.75 Å². The highest BCUT2D eigenvalue weighted by atomic mass is 79.9. The molecule has 14 nitrogen and oxygen atoms in total. The summed E-state index contributed by atoms with van der Waals surface area (Å²) in [5, 5.41) is 7.19. The molecule has 0 atom stereocenters. The number of nitrogens with one attached hydrogen (secondary N) is 4. The molecule has 3 heterocycles. The first-order valence-corrected chi connectivity index (χ1v) is 24.9. The Morgan fingerprint density at radius 1 is 0.661 bits per heavy atom. The highest BCUT2D eigenvalue weighted by Gasteiger charge is 2.52. The third kappa shape index (κ3) is 12.5. The lowest BCUT2D eigenvalue weighted by atomic mass is 9.77. The third-order valence-corrected chi connectivity index (χ3v) is 15.2. The Hall–Kier alpha value is -3.78. The molecule has 0 spiro atoms. The molecule has 1 saturated heterocycles. The SMILES string of the molecule is CNS(=O)(=O)c1ccc(NC2CCCCC2)c(-c2ncccc2OC)c1.CNS(=O)(=O)c1ccc(NC2CCCCC2)c(B2OC(C)(C)C(C)(C)O2)c1.COc1cccnc1Br. The first-order chi connectivity index (χ1) is 29.4. The van der Waals surface area contributed by atoms with Crippen molar-refractivity contribution in [1.82, 2.24) is 19.4 Å². The van der Waals surface area contributed by atoms with Gasteiger partial charge in [0.05, 0.1) is 35.2 Å². The van der Waals surface area contributed by atoms with E-state index in [1.165, 1.54) is 52.6 Å². The van der Waals surface area contributed by atoms with Crippen LogP contribution >= 0.6 is 15.9 Å². The van der Waals surface area contributed by atoms with E-state index >= 15 is 0 Å². The molecular weight excluding hydrogens is 895 g/mol. The van der Waals surface area contributed by atoms with E-state index in [-0.39, 0.29) is 9.79 Å². The van der Waals surface area contributed by atoms with E-state index in [4.69, 9.17) is 18.8 Å². The summed E-state index contributed by atoms with van der Waals surface area (Å²) in [6, 6.07) is 18.3. The predicted octanol–water partition coefficient (Wildman–Crippen LogP) is 7.90. The summed E-state index contributed by atoms with van der Waals surface area (Å²) in [6.45, 7) is 7.98. The quantitative estimate of drug-likeness (QED) is 0.0799. The zero-order valence-corrected chi connectivity index (χ0v) is 40.3. The fourth-order valence-electron chi connectivity index (χ4n) is 7.47. The maximum Gasteiger partial charge on any atom is 0.497 e. The number of methoxy groups -OCH3 is 2. The Morgan fingerprint density at radius 3 is 1.61 bits per heavy atom. The zero-order valence-electron chi connectivity index (χ0n) is 37.1.